The zero-order chi connectivity index (χ0) is 13.3. The van der Waals surface area contributed by atoms with E-state index in [0.717, 1.165) is 24.2 Å². The van der Waals surface area contributed by atoms with Crippen LogP contribution in [0, 0.1) is 0 Å². The first-order valence-electron chi connectivity index (χ1n) is 6.51. The van der Waals surface area contributed by atoms with E-state index in [-0.39, 0.29) is 17.4 Å². The Balaban J connectivity index is 2.40. The molecule has 0 saturated carbocycles. The van der Waals surface area contributed by atoms with Gasteiger partial charge < -0.3 is 10.5 Å². The fourth-order valence-corrected chi connectivity index (χ4v) is 2.70. The van der Waals surface area contributed by atoms with Crippen molar-refractivity contribution in [1.82, 2.24) is 0 Å². The lowest BCUT2D eigenvalue weighted by molar-refractivity contribution is -0.118. The lowest BCUT2D eigenvalue weighted by Gasteiger charge is -2.37. The number of benzene rings is 1. The molecule has 1 aliphatic rings. The van der Waals surface area contributed by atoms with Crippen LogP contribution in [0.5, 0.6) is 5.75 Å². The molecule has 0 saturated heterocycles. The number of carbonyl (C=O) groups excluding carboxylic acids is 1. The van der Waals surface area contributed by atoms with Crippen molar-refractivity contribution in [2.45, 2.75) is 51.6 Å². The van der Waals surface area contributed by atoms with Crippen LogP contribution in [-0.4, -0.2) is 11.5 Å². The Labute approximate surface area is 108 Å². The van der Waals surface area contributed by atoms with Crippen LogP contribution >= 0.6 is 0 Å². The van der Waals surface area contributed by atoms with E-state index in [1.807, 2.05) is 6.07 Å². The third-order valence-corrected chi connectivity index (χ3v) is 3.49. The summed E-state index contributed by atoms with van der Waals surface area (Å²) in [7, 11) is 0. The average Bonchev–Trinajstić information content (AvgIpc) is 2.26. The topological polar surface area (TPSA) is 52.3 Å². The number of hydrogen-bond acceptors (Lipinski definition) is 2. The molecule has 1 aliphatic heterocycles. The molecular formula is C15H21NO2. The van der Waals surface area contributed by atoms with Crippen LogP contribution in [0.25, 0.3) is 0 Å². The quantitative estimate of drug-likeness (QED) is 0.893. The van der Waals surface area contributed by atoms with Gasteiger partial charge in [-0.2, -0.15) is 0 Å². The molecule has 2 N–H and O–H groups in total. The number of hydrogen-bond donors (Lipinski definition) is 1. The molecule has 18 heavy (non-hydrogen) atoms. The minimum absolute atomic E-state index is 0.174. The molecule has 3 heteroatoms. The first kappa shape index (κ1) is 12.9. The van der Waals surface area contributed by atoms with E-state index in [1.54, 1.807) is 0 Å². The van der Waals surface area contributed by atoms with Gasteiger partial charge in [0, 0.05) is 12.3 Å². The van der Waals surface area contributed by atoms with Gasteiger partial charge in [0.1, 0.15) is 11.4 Å². The van der Waals surface area contributed by atoms with Crippen molar-refractivity contribution >= 4 is 5.91 Å². The second-order valence-electron chi connectivity index (χ2n) is 5.66. The van der Waals surface area contributed by atoms with E-state index >= 15 is 0 Å². The predicted molar refractivity (Wildman–Crippen MR) is 71.7 cm³/mol. The molecule has 98 valence electrons. The van der Waals surface area contributed by atoms with Gasteiger partial charge in [0.2, 0.25) is 5.91 Å². The van der Waals surface area contributed by atoms with Crippen LogP contribution < -0.4 is 10.5 Å². The molecule has 2 rings (SSSR count). The summed E-state index contributed by atoms with van der Waals surface area (Å²) in [5.74, 6) is 0.827. The van der Waals surface area contributed by atoms with Crippen LogP contribution in [0.4, 0.5) is 0 Å². The Morgan fingerprint density at radius 3 is 2.83 bits per heavy atom. The summed E-state index contributed by atoms with van der Waals surface area (Å²) < 4.78 is 5.98. The number of nitrogens with two attached hydrogens (primary N) is 1. The maximum Gasteiger partial charge on any atom is 0.218 e. The molecule has 0 radical (unpaired) electrons. The minimum Gasteiger partial charge on any atom is -0.488 e. The van der Waals surface area contributed by atoms with Crippen LogP contribution in [-0.2, 0) is 11.2 Å². The first-order valence-corrected chi connectivity index (χ1v) is 6.51. The van der Waals surface area contributed by atoms with E-state index < -0.39 is 0 Å². The Bertz CT molecular complexity index is 466. The number of carbonyl (C=O) groups is 1. The average molecular weight is 247 g/mol. The van der Waals surface area contributed by atoms with Crippen LogP contribution in [0.15, 0.2) is 18.2 Å². The van der Waals surface area contributed by atoms with Crippen molar-refractivity contribution in [3.8, 4) is 5.75 Å². The van der Waals surface area contributed by atoms with Gasteiger partial charge in [0.05, 0.1) is 0 Å². The molecule has 1 heterocycles. The van der Waals surface area contributed by atoms with E-state index in [2.05, 4.69) is 32.9 Å². The summed E-state index contributed by atoms with van der Waals surface area (Å²) in [6.45, 7) is 6.23. The molecular weight excluding hydrogens is 226 g/mol. The molecule has 0 bridgehead atoms. The van der Waals surface area contributed by atoms with E-state index in [0.29, 0.717) is 6.42 Å². The zero-order valence-corrected chi connectivity index (χ0v) is 11.3. The largest absolute Gasteiger partial charge is 0.488 e. The Hall–Kier alpha value is -1.51. The van der Waals surface area contributed by atoms with E-state index in [4.69, 9.17) is 10.5 Å². The summed E-state index contributed by atoms with van der Waals surface area (Å²) in [5.41, 5.74) is 7.53. The molecule has 0 aliphatic carbocycles. The van der Waals surface area contributed by atoms with Crippen molar-refractivity contribution in [1.29, 1.82) is 0 Å². The Morgan fingerprint density at radius 1 is 1.50 bits per heavy atom. The van der Waals surface area contributed by atoms with Crippen molar-refractivity contribution in [2.75, 3.05) is 0 Å². The summed E-state index contributed by atoms with van der Waals surface area (Å²) >= 11 is 0. The molecule has 1 atom stereocenters. The second kappa shape index (κ2) is 4.63. The minimum atomic E-state index is -0.245. The third kappa shape index (κ3) is 2.66. The van der Waals surface area contributed by atoms with Gasteiger partial charge in [0.25, 0.3) is 0 Å². The van der Waals surface area contributed by atoms with Crippen LogP contribution in [0.1, 0.15) is 50.7 Å². The molecule has 0 aromatic heterocycles. The first-order chi connectivity index (χ1) is 8.41. The standard InChI is InChI=1S/C15H21NO2/c1-4-10-5-6-13-12(7-10)11(8-14(16)17)9-15(2,3)18-13/h5-7,11H,4,8-9H2,1-3H3,(H2,16,17). The zero-order valence-electron chi connectivity index (χ0n) is 11.3. The number of amides is 1. The molecule has 1 aromatic carbocycles. The van der Waals surface area contributed by atoms with Gasteiger partial charge >= 0.3 is 0 Å². The SMILES string of the molecule is CCc1ccc2c(c1)C(CC(N)=O)CC(C)(C)O2. The van der Waals surface area contributed by atoms with Gasteiger partial charge in [-0.15, -0.1) is 0 Å². The summed E-state index contributed by atoms with van der Waals surface area (Å²) in [5, 5.41) is 0. The van der Waals surface area contributed by atoms with Crippen molar-refractivity contribution in [3.05, 3.63) is 29.3 Å². The molecule has 0 spiro atoms. The second-order valence-corrected chi connectivity index (χ2v) is 5.66. The maximum atomic E-state index is 11.2. The normalized spacial score (nSPS) is 20.9. The molecule has 0 fully saturated rings. The van der Waals surface area contributed by atoms with Crippen LogP contribution in [0.3, 0.4) is 0 Å². The summed E-state index contributed by atoms with van der Waals surface area (Å²) in [6, 6.07) is 6.25. The fourth-order valence-electron chi connectivity index (χ4n) is 2.70. The highest BCUT2D eigenvalue weighted by Crippen LogP contribution is 2.42. The number of aryl methyl sites for hydroxylation is 1. The van der Waals surface area contributed by atoms with Crippen molar-refractivity contribution in [3.63, 3.8) is 0 Å². The molecule has 1 aromatic rings. The van der Waals surface area contributed by atoms with Gasteiger partial charge in [0.15, 0.2) is 0 Å². The van der Waals surface area contributed by atoms with Gasteiger partial charge in [-0.25, -0.2) is 0 Å². The van der Waals surface area contributed by atoms with Crippen LogP contribution in [0.2, 0.25) is 0 Å². The molecule has 1 amide bonds. The highest BCUT2D eigenvalue weighted by molar-refractivity contribution is 5.75. The van der Waals surface area contributed by atoms with Gasteiger partial charge in [-0.1, -0.05) is 19.1 Å². The fraction of sp³-hybridized carbons (Fsp3) is 0.533. The van der Waals surface area contributed by atoms with Gasteiger partial charge in [-0.05, 0) is 43.9 Å². The number of fused-ring (bicyclic) bond motifs is 1. The van der Waals surface area contributed by atoms with Crippen molar-refractivity contribution < 1.29 is 9.53 Å². The van der Waals surface area contributed by atoms with Crippen molar-refractivity contribution in [2.24, 2.45) is 5.73 Å². The number of ether oxygens (including phenoxy) is 1. The Morgan fingerprint density at radius 2 is 2.22 bits per heavy atom. The smallest absolute Gasteiger partial charge is 0.218 e. The lowest BCUT2D eigenvalue weighted by atomic mass is 9.81. The summed E-state index contributed by atoms with van der Waals surface area (Å²) in [4.78, 5) is 11.2. The number of primary amides is 1. The lowest BCUT2D eigenvalue weighted by Crippen LogP contribution is -2.36. The highest BCUT2D eigenvalue weighted by Gasteiger charge is 2.34. The predicted octanol–water partition coefficient (Wildman–Crippen LogP) is 2.77. The third-order valence-electron chi connectivity index (χ3n) is 3.49. The Kier molecular flexibility index (Phi) is 3.33. The molecule has 3 nitrogen and oxygen atoms in total. The monoisotopic (exact) mass is 247 g/mol. The number of rotatable bonds is 3. The van der Waals surface area contributed by atoms with E-state index in [1.165, 1.54) is 5.56 Å². The maximum absolute atomic E-state index is 11.2. The van der Waals surface area contributed by atoms with Gasteiger partial charge in [-0.3, -0.25) is 4.79 Å². The highest BCUT2D eigenvalue weighted by atomic mass is 16.5. The van der Waals surface area contributed by atoms with E-state index in [9.17, 15) is 4.79 Å². The molecule has 1 unspecified atom stereocenters. The summed E-state index contributed by atoms with van der Waals surface area (Å²) in [6.07, 6.45) is 2.21.